The van der Waals surface area contributed by atoms with Gasteiger partial charge in [-0.25, -0.2) is 9.36 Å². The van der Waals surface area contributed by atoms with Gasteiger partial charge in [-0.15, -0.1) is 0 Å². The minimum absolute atomic E-state index is 0.0846. The molecular formula is C22H22N3O7+. The van der Waals surface area contributed by atoms with E-state index in [1.165, 1.54) is 0 Å². The number of aromatic nitrogens is 1. The number of para-hydroxylation sites is 1. The first kappa shape index (κ1) is 22.8. The molecule has 0 bridgehead atoms. The third kappa shape index (κ3) is 6.29. The molecule has 0 aliphatic carbocycles. The summed E-state index contributed by atoms with van der Waals surface area (Å²) in [6.45, 7) is 0.0125. The molecule has 0 saturated carbocycles. The van der Waals surface area contributed by atoms with Crippen molar-refractivity contribution in [1.29, 1.82) is 0 Å². The highest BCUT2D eigenvalue weighted by Crippen LogP contribution is 2.12. The lowest BCUT2D eigenvalue weighted by atomic mass is 10.1. The molecule has 1 fully saturated rings. The van der Waals surface area contributed by atoms with Crippen molar-refractivity contribution in [3.05, 3.63) is 60.4 Å². The number of nitrogens with zero attached hydrogens (tertiary/aromatic N) is 2. The molecule has 2 unspecified atom stereocenters. The minimum Gasteiger partial charge on any atom is -0.463 e. The van der Waals surface area contributed by atoms with Gasteiger partial charge in [-0.3, -0.25) is 19.8 Å². The normalized spacial score (nSPS) is 16.8. The van der Waals surface area contributed by atoms with Gasteiger partial charge in [0.15, 0.2) is 18.5 Å². The predicted molar refractivity (Wildman–Crippen MR) is 110 cm³/mol. The number of nitrogens with one attached hydrogen (secondary N) is 1. The zero-order valence-corrected chi connectivity index (χ0v) is 17.0. The highest BCUT2D eigenvalue weighted by Gasteiger charge is 2.46. The van der Waals surface area contributed by atoms with Crippen LogP contribution in [-0.2, 0) is 35.2 Å². The fourth-order valence-corrected chi connectivity index (χ4v) is 2.85. The van der Waals surface area contributed by atoms with Crippen LogP contribution in [-0.4, -0.2) is 53.6 Å². The van der Waals surface area contributed by atoms with Crippen LogP contribution in [0.5, 0.6) is 0 Å². The quantitative estimate of drug-likeness (QED) is 0.175. The summed E-state index contributed by atoms with van der Waals surface area (Å²) >= 11 is 0. The summed E-state index contributed by atoms with van der Waals surface area (Å²) in [6, 6.07) is 13.3. The Morgan fingerprint density at radius 3 is 2.56 bits per heavy atom. The molecular weight excluding hydrogens is 418 g/mol. The number of aliphatic hydroxyl groups excluding tert-OH is 1. The van der Waals surface area contributed by atoms with Crippen LogP contribution in [0.2, 0.25) is 0 Å². The molecule has 32 heavy (non-hydrogen) atoms. The second kappa shape index (κ2) is 10.9. The lowest BCUT2D eigenvalue weighted by Gasteiger charge is -2.14. The summed E-state index contributed by atoms with van der Waals surface area (Å²) in [6.07, 6.45) is 2.77. The summed E-state index contributed by atoms with van der Waals surface area (Å²) in [5.41, 5.74) is 4.72. The number of carbonyl (C=O) groups is 4. The third-order valence-electron chi connectivity index (χ3n) is 4.56. The van der Waals surface area contributed by atoms with E-state index < -0.39 is 42.3 Å². The number of esters is 2. The molecule has 2 atom stereocenters. The monoisotopic (exact) mass is 440 g/mol. The maximum Gasteiger partial charge on any atom is 0.383 e. The zero-order chi connectivity index (χ0) is 22.9. The van der Waals surface area contributed by atoms with E-state index in [-0.39, 0.29) is 6.42 Å². The molecule has 166 valence electrons. The number of ether oxygens (including phenoxy) is 2. The van der Waals surface area contributed by atoms with Crippen LogP contribution in [0.25, 0.3) is 0 Å². The van der Waals surface area contributed by atoms with Crippen LogP contribution in [0.4, 0.5) is 5.69 Å². The van der Waals surface area contributed by atoms with Gasteiger partial charge in [0.1, 0.15) is 19.3 Å². The van der Waals surface area contributed by atoms with Gasteiger partial charge in [-0.2, -0.15) is 5.10 Å². The highest BCUT2D eigenvalue weighted by molar-refractivity contribution is 6.65. The van der Waals surface area contributed by atoms with Gasteiger partial charge in [0.25, 0.3) is 5.78 Å². The van der Waals surface area contributed by atoms with E-state index in [2.05, 4.69) is 15.3 Å². The molecule has 2 N–H and O–H groups in total. The molecule has 1 aliphatic rings. The van der Waals surface area contributed by atoms with Crippen molar-refractivity contribution in [3.63, 3.8) is 0 Å². The Kier molecular flexibility index (Phi) is 7.76. The Morgan fingerprint density at radius 2 is 1.91 bits per heavy atom. The van der Waals surface area contributed by atoms with E-state index >= 15 is 0 Å². The number of pyridine rings is 1. The second-order valence-corrected chi connectivity index (χ2v) is 6.98. The SMILES string of the molecule is O=C(CCC[n+]1ccc(/C=N/Nc2ccccc2)cc1)OCC(O)C1OC(=O)C(=O)C1=O. The van der Waals surface area contributed by atoms with Crippen molar-refractivity contribution >= 4 is 35.4 Å². The number of hydrazone groups is 1. The van der Waals surface area contributed by atoms with Crippen molar-refractivity contribution in [2.24, 2.45) is 5.10 Å². The summed E-state index contributed by atoms with van der Waals surface area (Å²) in [5, 5.41) is 14.0. The largest absolute Gasteiger partial charge is 0.463 e. The second-order valence-electron chi connectivity index (χ2n) is 6.98. The molecule has 3 rings (SSSR count). The fraction of sp³-hybridized carbons (Fsp3) is 0.273. The van der Waals surface area contributed by atoms with Crippen LogP contribution in [0.3, 0.4) is 0 Å². The number of aryl methyl sites for hydroxylation is 1. The predicted octanol–water partition coefficient (Wildman–Crippen LogP) is 0.168. The standard InChI is InChI=1S/C22H21N3O7/c26-17(21-19(28)20(29)22(30)32-21)14-31-18(27)7-4-10-25-11-8-15(9-12-25)13-23-24-16-5-2-1-3-6-16/h1-3,5-6,8-9,11-13,17,21,26H,4,7,10,14H2/p+1. The average molecular weight is 440 g/mol. The number of Topliss-reactive ketones (excluding diaryl/α,β-unsaturated/α-hetero) is 2. The highest BCUT2D eigenvalue weighted by atomic mass is 16.6. The van der Waals surface area contributed by atoms with Gasteiger partial charge in [-0.1, -0.05) is 18.2 Å². The van der Waals surface area contributed by atoms with E-state index in [1.807, 2.05) is 59.4 Å². The van der Waals surface area contributed by atoms with Crippen molar-refractivity contribution in [2.75, 3.05) is 12.0 Å². The molecule has 0 spiro atoms. The number of rotatable bonds is 10. The number of cyclic esters (lactones) is 1. The van der Waals surface area contributed by atoms with Gasteiger partial charge in [0.05, 0.1) is 18.3 Å². The molecule has 2 aromatic rings. The number of carbonyl (C=O) groups excluding carboxylic acids is 4. The van der Waals surface area contributed by atoms with E-state index in [1.54, 1.807) is 6.21 Å². The lowest BCUT2D eigenvalue weighted by Crippen LogP contribution is -2.37. The number of ketones is 2. The Hall–Kier alpha value is -3.92. The Bertz CT molecular complexity index is 1010. The summed E-state index contributed by atoms with van der Waals surface area (Å²) in [5.74, 6) is -4.35. The first-order chi connectivity index (χ1) is 15.4. The lowest BCUT2D eigenvalue weighted by molar-refractivity contribution is -0.697. The summed E-state index contributed by atoms with van der Waals surface area (Å²) in [4.78, 5) is 45.4. The van der Waals surface area contributed by atoms with E-state index in [9.17, 15) is 24.3 Å². The first-order valence-electron chi connectivity index (χ1n) is 9.90. The molecule has 1 aromatic heterocycles. The van der Waals surface area contributed by atoms with Crippen molar-refractivity contribution in [3.8, 4) is 0 Å². The summed E-state index contributed by atoms with van der Waals surface area (Å²) in [7, 11) is 0. The van der Waals surface area contributed by atoms with Crippen molar-refractivity contribution in [2.45, 2.75) is 31.6 Å². The van der Waals surface area contributed by atoms with Crippen LogP contribution in [0.1, 0.15) is 18.4 Å². The van der Waals surface area contributed by atoms with Gasteiger partial charge < -0.3 is 14.6 Å². The fourth-order valence-electron chi connectivity index (χ4n) is 2.85. The third-order valence-corrected chi connectivity index (χ3v) is 4.56. The molecule has 10 heteroatoms. The van der Waals surface area contributed by atoms with E-state index in [0.29, 0.717) is 13.0 Å². The van der Waals surface area contributed by atoms with Gasteiger partial charge >= 0.3 is 17.7 Å². The van der Waals surface area contributed by atoms with E-state index in [0.717, 1.165) is 11.3 Å². The summed E-state index contributed by atoms with van der Waals surface area (Å²) < 4.78 is 11.3. The van der Waals surface area contributed by atoms with Crippen molar-refractivity contribution in [1.82, 2.24) is 0 Å². The Labute approximate surface area is 183 Å². The zero-order valence-electron chi connectivity index (χ0n) is 17.0. The minimum atomic E-state index is -1.62. The number of hydrogen-bond donors (Lipinski definition) is 2. The van der Waals surface area contributed by atoms with Gasteiger partial charge in [0, 0.05) is 24.1 Å². The van der Waals surface area contributed by atoms with Crippen molar-refractivity contribution < 1.29 is 38.3 Å². The molecule has 0 amide bonds. The van der Waals surface area contributed by atoms with Crippen LogP contribution >= 0.6 is 0 Å². The molecule has 2 heterocycles. The Balaban J connectivity index is 1.35. The van der Waals surface area contributed by atoms with Crippen LogP contribution in [0.15, 0.2) is 60.0 Å². The molecule has 1 aromatic carbocycles. The molecule has 0 radical (unpaired) electrons. The molecule has 1 aliphatic heterocycles. The number of aliphatic hydroxyl groups is 1. The van der Waals surface area contributed by atoms with Crippen LogP contribution < -0.4 is 9.99 Å². The number of hydrogen-bond acceptors (Lipinski definition) is 9. The average Bonchev–Trinajstić information content (AvgIpc) is 3.06. The number of anilines is 1. The van der Waals surface area contributed by atoms with Gasteiger partial charge in [0.2, 0.25) is 0 Å². The maximum atomic E-state index is 11.8. The Morgan fingerprint density at radius 1 is 1.19 bits per heavy atom. The smallest absolute Gasteiger partial charge is 0.383 e. The first-order valence-corrected chi connectivity index (χ1v) is 9.90. The topological polar surface area (TPSA) is 135 Å². The van der Waals surface area contributed by atoms with Gasteiger partial charge in [-0.05, 0) is 12.1 Å². The number of benzene rings is 1. The molecule has 10 nitrogen and oxygen atoms in total. The molecule has 1 saturated heterocycles. The van der Waals surface area contributed by atoms with Crippen LogP contribution in [0, 0.1) is 0 Å². The maximum absolute atomic E-state index is 11.8. The van der Waals surface area contributed by atoms with E-state index in [4.69, 9.17) is 4.74 Å².